The number of carbonyl (C=O) groups is 2. The van der Waals surface area contributed by atoms with E-state index in [-0.39, 0.29) is 29.7 Å². The molecule has 0 aliphatic heterocycles. The lowest BCUT2D eigenvalue weighted by molar-refractivity contribution is -0.140. The Hall–Kier alpha value is -2.29. The average Bonchev–Trinajstić information content (AvgIpc) is 2.53. The lowest BCUT2D eigenvalue weighted by atomic mass is 10.2. The molecule has 0 radical (unpaired) electrons. The number of methoxy groups -OCH3 is 2. The van der Waals surface area contributed by atoms with Gasteiger partial charge in [0.25, 0.3) is 0 Å². The molecule has 1 rings (SSSR count). The number of benzene rings is 1. The van der Waals surface area contributed by atoms with Gasteiger partial charge in [0.1, 0.15) is 5.75 Å². The number of sulfonamides is 1. The summed E-state index contributed by atoms with van der Waals surface area (Å²) in [7, 11) is -0.830. The Balaban J connectivity index is 2.65. The van der Waals surface area contributed by atoms with Crippen LogP contribution in [0.4, 0.5) is 11.4 Å². The zero-order chi connectivity index (χ0) is 18.9. The number of hydrogen-bond donors (Lipinski definition) is 2. The SMILES string of the molecule is COC(=O)CCCCCS(=O)(=O)Nc1cc(NC(C)=O)ccc1OC. The van der Waals surface area contributed by atoms with Crippen molar-refractivity contribution in [1.82, 2.24) is 0 Å². The van der Waals surface area contributed by atoms with Gasteiger partial charge in [0.2, 0.25) is 15.9 Å². The number of ether oxygens (including phenoxy) is 2. The largest absolute Gasteiger partial charge is 0.495 e. The van der Waals surface area contributed by atoms with Gasteiger partial charge in [0.15, 0.2) is 0 Å². The molecule has 9 heteroatoms. The second kappa shape index (κ2) is 9.87. The van der Waals surface area contributed by atoms with Crippen molar-refractivity contribution in [2.45, 2.75) is 32.6 Å². The van der Waals surface area contributed by atoms with Crippen molar-refractivity contribution in [3.63, 3.8) is 0 Å². The van der Waals surface area contributed by atoms with E-state index in [2.05, 4.69) is 14.8 Å². The molecular formula is C16H24N2O6S. The van der Waals surface area contributed by atoms with Gasteiger partial charge in [-0.25, -0.2) is 8.42 Å². The summed E-state index contributed by atoms with van der Waals surface area (Å²) >= 11 is 0. The Bertz CT molecular complexity index is 703. The summed E-state index contributed by atoms with van der Waals surface area (Å²) in [6.45, 7) is 1.36. The quantitative estimate of drug-likeness (QED) is 0.481. The van der Waals surface area contributed by atoms with Crippen LogP contribution in [0.5, 0.6) is 5.75 Å². The van der Waals surface area contributed by atoms with Gasteiger partial charge in [0, 0.05) is 19.0 Å². The molecule has 0 aromatic heterocycles. The Morgan fingerprint density at radius 1 is 1.12 bits per heavy atom. The van der Waals surface area contributed by atoms with Crippen molar-refractivity contribution in [3.05, 3.63) is 18.2 Å². The standard InChI is InChI=1S/C16H24N2O6S/c1-12(19)17-13-8-9-15(23-2)14(11-13)18-25(21,22)10-6-4-5-7-16(20)24-3/h8-9,11,18H,4-7,10H2,1-3H3,(H,17,19). The number of esters is 1. The van der Waals surface area contributed by atoms with E-state index < -0.39 is 10.0 Å². The van der Waals surface area contributed by atoms with Gasteiger partial charge >= 0.3 is 5.97 Å². The van der Waals surface area contributed by atoms with Crippen molar-refractivity contribution in [2.24, 2.45) is 0 Å². The van der Waals surface area contributed by atoms with Crippen molar-refractivity contribution >= 4 is 33.3 Å². The van der Waals surface area contributed by atoms with E-state index in [0.29, 0.717) is 30.7 Å². The molecule has 0 unspecified atom stereocenters. The van der Waals surface area contributed by atoms with Gasteiger partial charge in [-0.15, -0.1) is 0 Å². The first-order chi connectivity index (χ1) is 11.8. The molecule has 0 bridgehead atoms. The first kappa shape index (κ1) is 20.8. The van der Waals surface area contributed by atoms with E-state index in [4.69, 9.17) is 4.74 Å². The highest BCUT2D eigenvalue weighted by Gasteiger charge is 2.14. The zero-order valence-corrected chi connectivity index (χ0v) is 15.4. The second-order valence-electron chi connectivity index (χ2n) is 5.40. The number of hydrogen-bond acceptors (Lipinski definition) is 6. The highest BCUT2D eigenvalue weighted by molar-refractivity contribution is 7.92. The van der Waals surface area contributed by atoms with Gasteiger partial charge in [-0.2, -0.15) is 0 Å². The molecule has 1 aromatic rings. The van der Waals surface area contributed by atoms with Crippen LogP contribution in [0.15, 0.2) is 18.2 Å². The third kappa shape index (κ3) is 7.88. The van der Waals surface area contributed by atoms with Gasteiger partial charge in [-0.1, -0.05) is 6.42 Å². The molecule has 0 heterocycles. The predicted octanol–water partition coefficient (Wildman–Crippen LogP) is 2.13. The molecule has 0 aliphatic carbocycles. The zero-order valence-electron chi connectivity index (χ0n) is 14.6. The smallest absolute Gasteiger partial charge is 0.305 e. The van der Waals surface area contributed by atoms with E-state index in [1.165, 1.54) is 27.2 Å². The Morgan fingerprint density at radius 2 is 1.84 bits per heavy atom. The molecule has 0 saturated carbocycles. The molecule has 1 aromatic carbocycles. The maximum Gasteiger partial charge on any atom is 0.305 e. The molecule has 2 N–H and O–H groups in total. The maximum absolute atomic E-state index is 12.2. The summed E-state index contributed by atoms with van der Waals surface area (Å²) < 4.78 is 36.6. The Labute approximate surface area is 147 Å². The van der Waals surface area contributed by atoms with Crippen molar-refractivity contribution in [1.29, 1.82) is 0 Å². The minimum absolute atomic E-state index is 0.0817. The van der Waals surface area contributed by atoms with Crippen LogP contribution < -0.4 is 14.8 Å². The van der Waals surface area contributed by atoms with Crippen LogP contribution in [0.2, 0.25) is 0 Å². The van der Waals surface area contributed by atoms with E-state index in [1.54, 1.807) is 12.1 Å². The summed E-state index contributed by atoms with van der Waals surface area (Å²) in [4.78, 5) is 22.1. The molecule has 0 saturated heterocycles. The number of carbonyl (C=O) groups excluding carboxylic acids is 2. The van der Waals surface area contributed by atoms with Crippen LogP contribution in [0.25, 0.3) is 0 Å². The summed E-state index contributed by atoms with van der Waals surface area (Å²) in [6, 6.07) is 4.68. The number of nitrogens with one attached hydrogen (secondary N) is 2. The monoisotopic (exact) mass is 372 g/mol. The molecule has 8 nitrogen and oxygen atoms in total. The lowest BCUT2D eigenvalue weighted by Crippen LogP contribution is -2.17. The molecule has 25 heavy (non-hydrogen) atoms. The van der Waals surface area contributed by atoms with E-state index in [0.717, 1.165) is 0 Å². The normalized spacial score (nSPS) is 10.8. The molecule has 0 atom stereocenters. The molecular weight excluding hydrogens is 348 g/mol. The minimum Gasteiger partial charge on any atom is -0.495 e. The van der Waals surface area contributed by atoms with Crippen LogP contribution >= 0.6 is 0 Å². The maximum atomic E-state index is 12.2. The Morgan fingerprint density at radius 3 is 2.44 bits per heavy atom. The van der Waals surface area contributed by atoms with Crippen molar-refractivity contribution in [2.75, 3.05) is 30.0 Å². The number of unbranched alkanes of at least 4 members (excludes halogenated alkanes) is 2. The second-order valence-corrected chi connectivity index (χ2v) is 7.25. The molecule has 0 fully saturated rings. The van der Waals surface area contributed by atoms with Crippen LogP contribution in [-0.2, 0) is 24.3 Å². The highest BCUT2D eigenvalue weighted by Crippen LogP contribution is 2.29. The van der Waals surface area contributed by atoms with Crippen LogP contribution in [0.1, 0.15) is 32.6 Å². The predicted molar refractivity (Wildman–Crippen MR) is 95.2 cm³/mol. The van der Waals surface area contributed by atoms with Gasteiger partial charge in [-0.3, -0.25) is 14.3 Å². The fraction of sp³-hybridized carbons (Fsp3) is 0.500. The van der Waals surface area contributed by atoms with E-state index >= 15 is 0 Å². The lowest BCUT2D eigenvalue weighted by Gasteiger charge is -2.13. The summed E-state index contributed by atoms with van der Waals surface area (Å²) in [5.41, 5.74) is 0.715. The molecule has 0 aliphatic rings. The molecule has 1 amide bonds. The number of anilines is 2. The van der Waals surface area contributed by atoms with Crippen LogP contribution in [0, 0.1) is 0 Å². The van der Waals surface area contributed by atoms with E-state index in [1.807, 2.05) is 0 Å². The average molecular weight is 372 g/mol. The van der Waals surface area contributed by atoms with Gasteiger partial charge < -0.3 is 14.8 Å². The number of rotatable bonds is 10. The number of amides is 1. The van der Waals surface area contributed by atoms with E-state index in [9.17, 15) is 18.0 Å². The van der Waals surface area contributed by atoms with Gasteiger partial charge in [-0.05, 0) is 31.0 Å². The topological polar surface area (TPSA) is 111 Å². The summed E-state index contributed by atoms with van der Waals surface area (Å²) in [5, 5.41) is 2.59. The first-order valence-corrected chi connectivity index (χ1v) is 9.45. The van der Waals surface area contributed by atoms with Crippen molar-refractivity contribution in [3.8, 4) is 5.75 Å². The van der Waals surface area contributed by atoms with Crippen LogP contribution in [0.3, 0.4) is 0 Å². The first-order valence-electron chi connectivity index (χ1n) is 7.80. The van der Waals surface area contributed by atoms with Crippen molar-refractivity contribution < 1.29 is 27.5 Å². The summed E-state index contributed by atoms with van der Waals surface area (Å²) in [6.07, 6.45) is 1.86. The summed E-state index contributed by atoms with van der Waals surface area (Å²) in [5.74, 6) is -0.296. The fourth-order valence-electron chi connectivity index (χ4n) is 2.13. The van der Waals surface area contributed by atoms with Crippen LogP contribution in [-0.4, -0.2) is 40.3 Å². The third-order valence-electron chi connectivity index (χ3n) is 3.31. The van der Waals surface area contributed by atoms with Gasteiger partial charge in [0.05, 0.1) is 25.7 Å². The Kier molecular flexibility index (Phi) is 8.20. The molecule has 0 spiro atoms. The highest BCUT2D eigenvalue weighted by atomic mass is 32.2. The molecule has 140 valence electrons. The minimum atomic E-state index is -3.58. The third-order valence-corrected chi connectivity index (χ3v) is 4.66. The fourth-order valence-corrected chi connectivity index (χ4v) is 3.31.